The van der Waals surface area contributed by atoms with E-state index in [1.165, 1.54) is 11.0 Å². The van der Waals surface area contributed by atoms with Gasteiger partial charge in [-0.05, 0) is 96.6 Å². The molecule has 1 aliphatic carbocycles. The van der Waals surface area contributed by atoms with Crippen molar-refractivity contribution in [2.75, 3.05) is 44.2 Å². The average molecular weight is 1000 g/mol. The number of carbonyl (C=O) groups excluding carboxylic acids is 4. The fourth-order valence-electron chi connectivity index (χ4n) is 11.6. The number of aliphatic hydroxyl groups excluding tert-OH is 1. The summed E-state index contributed by atoms with van der Waals surface area (Å²) in [5.41, 5.74) is 2.47. The lowest BCUT2D eigenvalue weighted by Gasteiger charge is -2.63. The summed E-state index contributed by atoms with van der Waals surface area (Å²) < 4.78 is 47.0. The van der Waals surface area contributed by atoms with Crippen LogP contribution in [0.2, 0.25) is 0 Å². The Morgan fingerprint density at radius 3 is 2.18 bits per heavy atom. The lowest BCUT2D eigenvalue weighted by Crippen LogP contribution is -2.74. The lowest BCUT2D eigenvalue weighted by molar-refractivity contribution is -0.164. The Morgan fingerprint density at radius 2 is 1.55 bits per heavy atom. The first-order valence-corrected chi connectivity index (χ1v) is 24.9. The molecule has 0 aromatic heterocycles. The van der Waals surface area contributed by atoms with Crippen molar-refractivity contribution in [1.29, 1.82) is 10.5 Å². The Balaban J connectivity index is 0.795. The van der Waals surface area contributed by atoms with Gasteiger partial charge in [-0.15, -0.1) is 0 Å². The number of amides is 4. The van der Waals surface area contributed by atoms with Crippen LogP contribution in [0.1, 0.15) is 108 Å². The first-order chi connectivity index (χ1) is 34.6. The maximum atomic E-state index is 14.3. The van der Waals surface area contributed by atoms with E-state index in [-0.39, 0.29) is 61.5 Å². The second kappa shape index (κ2) is 20.9. The highest BCUT2D eigenvalue weighted by atomic mass is 19.4. The number of β-amino-alcohol motifs (C(OH)–C–C–N with tert-alkyl or cyclic N) is 1. The molecule has 4 aromatic rings. The zero-order chi connectivity index (χ0) is 52.6. The number of alkyl halides is 3. The normalized spacial score (nSPS) is 21.7. The van der Waals surface area contributed by atoms with Crippen molar-refractivity contribution in [3.8, 4) is 17.9 Å². The van der Waals surface area contributed by atoms with E-state index in [9.17, 15) is 42.7 Å². The van der Waals surface area contributed by atoms with Gasteiger partial charge in [0.2, 0.25) is 11.8 Å². The van der Waals surface area contributed by atoms with E-state index in [1.54, 1.807) is 35.2 Å². The highest BCUT2D eigenvalue weighted by Crippen LogP contribution is 2.56. The average Bonchev–Trinajstić information content (AvgIpc) is 3.92. The Kier molecular flexibility index (Phi) is 15.0. The molecule has 0 spiro atoms. The van der Waals surface area contributed by atoms with Crippen LogP contribution in [-0.4, -0.2) is 113 Å². The number of rotatable bonds is 15. The smallest absolute Gasteiger partial charge is 0.417 e. The van der Waals surface area contributed by atoms with E-state index in [2.05, 4.69) is 26.5 Å². The molecule has 8 rings (SSSR count). The van der Waals surface area contributed by atoms with E-state index in [4.69, 9.17) is 10.00 Å². The number of hydrogen-bond donors (Lipinski definition) is 3. The molecule has 4 amide bonds. The molecule has 384 valence electrons. The van der Waals surface area contributed by atoms with Gasteiger partial charge in [0, 0.05) is 85.9 Å². The second-order valence-corrected chi connectivity index (χ2v) is 21.4. The number of nitrogens with zero attached hydrogens (tertiary/aromatic N) is 6. The van der Waals surface area contributed by atoms with Gasteiger partial charge in [-0.25, -0.2) is 0 Å². The molecule has 0 bridgehead atoms. The van der Waals surface area contributed by atoms with Crippen LogP contribution in [0.4, 0.5) is 18.9 Å². The molecule has 3 heterocycles. The Labute approximate surface area is 424 Å². The summed E-state index contributed by atoms with van der Waals surface area (Å²) in [5.74, 6) is -1.50. The predicted molar refractivity (Wildman–Crippen MR) is 267 cm³/mol. The van der Waals surface area contributed by atoms with E-state index in [1.807, 2.05) is 84.0 Å². The fraction of sp³-hybridized carbons (Fsp3) is 0.464. The van der Waals surface area contributed by atoms with Crippen LogP contribution in [0.3, 0.4) is 0 Å². The van der Waals surface area contributed by atoms with Crippen molar-refractivity contribution in [2.45, 2.75) is 110 Å². The summed E-state index contributed by atoms with van der Waals surface area (Å²) in [6.07, 6.45) is -4.27. The molecular formula is C56H63F3N8O6. The summed E-state index contributed by atoms with van der Waals surface area (Å²) in [7, 11) is 0. The Morgan fingerprint density at radius 1 is 0.877 bits per heavy atom. The van der Waals surface area contributed by atoms with E-state index < -0.39 is 58.3 Å². The van der Waals surface area contributed by atoms with Crippen LogP contribution in [0.25, 0.3) is 0 Å². The summed E-state index contributed by atoms with van der Waals surface area (Å²) in [6.45, 7) is 16.0. The van der Waals surface area contributed by atoms with Crippen molar-refractivity contribution < 1.29 is 42.2 Å². The van der Waals surface area contributed by atoms with Gasteiger partial charge in [0.25, 0.3) is 11.8 Å². The van der Waals surface area contributed by atoms with Crippen LogP contribution in [0.15, 0.2) is 84.9 Å². The second-order valence-electron chi connectivity index (χ2n) is 21.4. The number of aryl methyl sites for hydroxylation is 1. The largest absolute Gasteiger partial charge is 0.489 e. The van der Waals surface area contributed by atoms with Gasteiger partial charge in [-0.1, -0.05) is 71.9 Å². The number of aliphatic hydroxyl groups is 1. The molecule has 1 saturated carbocycles. The minimum atomic E-state index is -4.71. The van der Waals surface area contributed by atoms with Gasteiger partial charge in [0.15, 0.2) is 0 Å². The number of halogens is 3. The number of ether oxygens (including phenoxy) is 1. The molecule has 0 unspecified atom stereocenters. The summed E-state index contributed by atoms with van der Waals surface area (Å²) in [5, 5.41) is 35.0. The maximum Gasteiger partial charge on any atom is 0.417 e. The molecule has 4 aliphatic rings. The Hall–Kier alpha value is -6.95. The zero-order valence-electron chi connectivity index (χ0n) is 42.1. The van der Waals surface area contributed by atoms with Gasteiger partial charge < -0.3 is 35.2 Å². The minimum Gasteiger partial charge on any atom is -0.489 e. The number of nitrogens with one attached hydrogen (secondary N) is 2. The quantitative estimate of drug-likeness (QED) is 0.111. The van der Waals surface area contributed by atoms with Crippen LogP contribution in [0, 0.1) is 39.4 Å². The third kappa shape index (κ3) is 10.9. The number of anilines is 1. The van der Waals surface area contributed by atoms with Gasteiger partial charge in [-0.2, -0.15) is 23.7 Å². The molecule has 3 atom stereocenters. The first-order valence-electron chi connectivity index (χ1n) is 24.9. The third-order valence-electron chi connectivity index (χ3n) is 15.2. The third-order valence-corrected chi connectivity index (χ3v) is 15.2. The molecule has 4 aromatic carbocycles. The van der Waals surface area contributed by atoms with Gasteiger partial charge >= 0.3 is 6.18 Å². The number of piperazine rings is 1. The zero-order valence-corrected chi connectivity index (χ0v) is 42.1. The van der Waals surface area contributed by atoms with E-state index in [0.717, 1.165) is 80.1 Å². The molecule has 2 saturated heterocycles. The number of fused-ring (bicyclic) bond motifs is 1. The Bertz CT molecular complexity index is 2800. The van der Waals surface area contributed by atoms with Crippen molar-refractivity contribution in [3.63, 3.8) is 0 Å². The number of carbonyl (C=O) groups is 4. The highest BCUT2D eigenvalue weighted by Gasteiger charge is 2.64. The minimum absolute atomic E-state index is 0.00954. The molecule has 3 aliphatic heterocycles. The molecule has 3 N–H and O–H groups in total. The number of nitriles is 2. The highest BCUT2D eigenvalue weighted by molar-refractivity contribution is 6.02. The standard InChI is InChI=1S/C56H63F3N8O6/c1-34(2)47(51(72)66-33-42(68)27-46(66)49(70)62-31-37-11-9-36(29-60)10-12-37)67-32-40-17-19-41(26-44(40)50(67)71)65-24-22-64(23-25-65)21-7-8-35-13-15-38(16-14-35)48(69)63-52-54(3,4)53(55(52,5)6)73-43-20-18-39(30-61)45(28-43)56(57,58)59/h9-20,26,28,34,42,46-47,52-53,68H,7-8,21-25,27,31-33H2,1-6H3,(H,62,70)(H,63,69)/t42-,46+,47-,52-,53-/m1/s1. The van der Waals surface area contributed by atoms with E-state index in [0.29, 0.717) is 16.7 Å². The molecule has 17 heteroatoms. The van der Waals surface area contributed by atoms with Crippen LogP contribution >= 0.6 is 0 Å². The molecule has 14 nitrogen and oxygen atoms in total. The molecule has 3 fully saturated rings. The monoisotopic (exact) mass is 1000 g/mol. The van der Waals surface area contributed by atoms with Crippen LogP contribution < -0.4 is 20.3 Å². The molecular weight excluding hydrogens is 938 g/mol. The molecule has 73 heavy (non-hydrogen) atoms. The van der Waals surface area contributed by atoms with Crippen molar-refractivity contribution in [1.82, 2.24) is 25.3 Å². The van der Waals surface area contributed by atoms with Gasteiger partial charge in [0.05, 0.1) is 34.9 Å². The van der Waals surface area contributed by atoms with Crippen molar-refractivity contribution in [2.24, 2.45) is 16.7 Å². The predicted octanol–water partition coefficient (Wildman–Crippen LogP) is 7.07. The SMILES string of the molecule is CC(C)[C@H](C(=O)N1C[C@H](O)C[C@H]1C(=O)NCc1ccc(C#N)cc1)N1Cc2ccc(N3CCN(CCCc4ccc(C(=O)N[C@H]5C(C)(C)[C@H](Oc6ccc(C#N)c(C(F)(F)F)c6)C5(C)C)cc4)CC3)cc2C1=O. The summed E-state index contributed by atoms with van der Waals surface area (Å²) in [4.78, 5) is 63.2. The topological polar surface area (TPSA) is 182 Å². The van der Waals surface area contributed by atoms with Crippen molar-refractivity contribution in [3.05, 3.63) is 129 Å². The summed E-state index contributed by atoms with van der Waals surface area (Å²) >= 11 is 0. The van der Waals surface area contributed by atoms with Crippen molar-refractivity contribution >= 4 is 29.3 Å². The fourth-order valence-corrected chi connectivity index (χ4v) is 11.6. The van der Waals surface area contributed by atoms with Crippen LogP contribution in [-0.2, 0) is 35.3 Å². The maximum absolute atomic E-state index is 14.3. The summed E-state index contributed by atoms with van der Waals surface area (Å²) in [6, 6.07) is 25.2. The molecule has 0 radical (unpaired) electrons. The lowest BCUT2D eigenvalue weighted by atomic mass is 9.49. The number of benzene rings is 4. The number of likely N-dealkylation sites (tertiary alicyclic amines) is 1. The van der Waals surface area contributed by atoms with Gasteiger partial charge in [0.1, 0.15) is 23.9 Å². The van der Waals surface area contributed by atoms with Crippen LogP contribution in [0.5, 0.6) is 5.75 Å². The van der Waals surface area contributed by atoms with E-state index >= 15 is 0 Å². The first kappa shape index (κ1) is 52.4. The van der Waals surface area contributed by atoms with Gasteiger partial charge in [-0.3, -0.25) is 24.1 Å². The number of hydrogen-bond acceptors (Lipinski definition) is 10.